The zero-order valence-corrected chi connectivity index (χ0v) is 19.2. The summed E-state index contributed by atoms with van der Waals surface area (Å²) >= 11 is 0. The van der Waals surface area contributed by atoms with Crippen molar-refractivity contribution in [3.63, 3.8) is 0 Å². The number of ether oxygens (including phenoxy) is 4. The molecule has 0 aliphatic carbocycles. The number of aromatic nitrogens is 3. The number of fused-ring (bicyclic) bond motifs is 2. The number of hydrogen-bond donors (Lipinski definition) is 3. The van der Waals surface area contributed by atoms with E-state index < -0.39 is 24.1 Å². The molecule has 186 valence electrons. The smallest absolute Gasteiger partial charge is 0.213 e. The second kappa shape index (κ2) is 10.2. The van der Waals surface area contributed by atoms with Crippen molar-refractivity contribution in [3.8, 4) is 17.4 Å². The van der Waals surface area contributed by atoms with E-state index in [1.165, 1.54) is 7.11 Å². The number of rotatable bonds is 7. The molecule has 0 unspecified atom stereocenters. The third-order valence-electron chi connectivity index (χ3n) is 6.26. The minimum atomic E-state index is -1.54. The largest absolute Gasteiger partial charge is 0.486 e. The number of nitrogens with one attached hydrogen (secondary N) is 1. The van der Waals surface area contributed by atoms with E-state index >= 15 is 0 Å². The normalized spacial score (nSPS) is 21.5. The SMILES string of the molecule is COc1ccc2ncc(F)c([C@@H](O)[C@H](O)[C@@H]3CC[C@@H](NCc4cc5c(cn4)OCCO5)CO3)c2n1. The molecule has 0 saturated carbocycles. The van der Waals surface area contributed by atoms with Crippen LogP contribution in [0.15, 0.2) is 30.6 Å². The number of hydrogen-bond acceptors (Lipinski definition) is 10. The van der Waals surface area contributed by atoms with Gasteiger partial charge in [-0.2, -0.15) is 0 Å². The van der Waals surface area contributed by atoms with Crippen LogP contribution >= 0.6 is 0 Å². The first kappa shape index (κ1) is 23.6. The fourth-order valence-corrected chi connectivity index (χ4v) is 4.35. The van der Waals surface area contributed by atoms with Gasteiger partial charge in [-0.1, -0.05) is 0 Å². The lowest BCUT2D eigenvalue weighted by Crippen LogP contribution is -2.45. The van der Waals surface area contributed by atoms with Gasteiger partial charge in [-0.3, -0.25) is 9.97 Å². The van der Waals surface area contributed by atoms with Crippen LogP contribution in [0.3, 0.4) is 0 Å². The van der Waals surface area contributed by atoms with E-state index in [0.717, 1.165) is 11.9 Å². The summed E-state index contributed by atoms with van der Waals surface area (Å²) in [4.78, 5) is 12.6. The number of methoxy groups -OCH3 is 1. The average molecular weight is 487 g/mol. The molecular formula is C24H27FN4O6. The van der Waals surface area contributed by atoms with Crippen LogP contribution in [0.25, 0.3) is 11.0 Å². The molecule has 3 aromatic rings. The molecule has 5 rings (SSSR count). The lowest BCUT2D eigenvalue weighted by Gasteiger charge is -2.34. The third-order valence-corrected chi connectivity index (χ3v) is 6.26. The topological polar surface area (TPSA) is 128 Å². The van der Waals surface area contributed by atoms with Gasteiger partial charge in [0, 0.05) is 30.3 Å². The number of halogens is 1. The Morgan fingerprint density at radius 2 is 1.97 bits per heavy atom. The number of aliphatic hydroxyl groups is 2. The minimum absolute atomic E-state index is 0.0370. The number of pyridine rings is 3. The van der Waals surface area contributed by atoms with Crippen LogP contribution < -0.4 is 19.5 Å². The first-order chi connectivity index (χ1) is 17.0. The summed E-state index contributed by atoms with van der Waals surface area (Å²) in [7, 11) is 1.44. The highest BCUT2D eigenvalue weighted by atomic mass is 19.1. The summed E-state index contributed by atoms with van der Waals surface area (Å²) in [6.45, 7) is 1.87. The Labute approximate surface area is 201 Å². The Bertz CT molecular complexity index is 1190. The third kappa shape index (κ3) is 4.98. The van der Waals surface area contributed by atoms with E-state index in [2.05, 4.69) is 20.3 Å². The molecule has 1 saturated heterocycles. The Balaban J connectivity index is 1.20. The summed E-state index contributed by atoms with van der Waals surface area (Å²) in [5, 5.41) is 25.1. The molecule has 0 spiro atoms. The van der Waals surface area contributed by atoms with Crippen molar-refractivity contribution in [1.29, 1.82) is 0 Å². The molecule has 2 aliphatic heterocycles. The zero-order valence-electron chi connectivity index (χ0n) is 19.2. The quantitative estimate of drug-likeness (QED) is 0.454. The van der Waals surface area contributed by atoms with Crippen molar-refractivity contribution in [3.05, 3.63) is 47.7 Å². The predicted molar refractivity (Wildman–Crippen MR) is 122 cm³/mol. The van der Waals surface area contributed by atoms with Gasteiger partial charge in [0.1, 0.15) is 36.8 Å². The van der Waals surface area contributed by atoms with E-state index in [0.29, 0.717) is 56.2 Å². The number of nitrogens with zero attached hydrogens (tertiary/aromatic N) is 3. The molecule has 0 radical (unpaired) electrons. The highest BCUT2D eigenvalue weighted by Crippen LogP contribution is 2.32. The summed E-state index contributed by atoms with van der Waals surface area (Å²) in [5.41, 5.74) is 1.21. The van der Waals surface area contributed by atoms with E-state index in [1.54, 1.807) is 18.3 Å². The van der Waals surface area contributed by atoms with Crippen LogP contribution in [0, 0.1) is 5.82 Å². The zero-order chi connectivity index (χ0) is 24.4. The molecule has 0 amide bonds. The fraction of sp³-hybridized carbons (Fsp3) is 0.458. The van der Waals surface area contributed by atoms with Crippen LogP contribution in [0.1, 0.15) is 30.2 Å². The molecule has 2 aliphatic rings. The first-order valence-electron chi connectivity index (χ1n) is 11.5. The minimum Gasteiger partial charge on any atom is -0.486 e. The van der Waals surface area contributed by atoms with Crippen molar-refractivity contribution in [2.75, 3.05) is 26.9 Å². The maximum atomic E-state index is 14.7. The van der Waals surface area contributed by atoms with Crippen molar-refractivity contribution < 1.29 is 33.6 Å². The molecule has 11 heteroatoms. The van der Waals surface area contributed by atoms with Crippen LogP contribution in [0.4, 0.5) is 4.39 Å². The number of aliphatic hydroxyl groups excluding tert-OH is 2. The Morgan fingerprint density at radius 3 is 2.74 bits per heavy atom. The van der Waals surface area contributed by atoms with Gasteiger partial charge >= 0.3 is 0 Å². The summed E-state index contributed by atoms with van der Waals surface area (Å²) in [5.74, 6) is 0.821. The molecular weight excluding hydrogens is 459 g/mol. The summed E-state index contributed by atoms with van der Waals surface area (Å²) < 4.78 is 36.7. The Kier molecular flexibility index (Phi) is 6.91. The average Bonchev–Trinajstić information content (AvgIpc) is 2.91. The van der Waals surface area contributed by atoms with Gasteiger partial charge in [0.2, 0.25) is 5.88 Å². The standard InChI is InChI=1S/C24H27FN4O6/c1-32-20-5-3-16-22(29-20)21(15(25)10-28-16)24(31)23(30)17-4-2-13(12-35-17)26-9-14-8-18-19(11-27-14)34-7-6-33-18/h3,5,8,10-11,13,17,23-24,26,30-31H,2,4,6-7,9,12H2,1H3/t13-,17+,23-,24-/m1/s1. The van der Waals surface area contributed by atoms with Crippen LogP contribution in [-0.4, -0.2) is 70.3 Å². The second-order valence-electron chi connectivity index (χ2n) is 8.52. The molecule has 4 atom stereocenters. The molecule has 0 aromatic carbocycles. The van der Waals surface area contributed by atoms with Gasteiger partial charge in [-0.05, 0) is 18.9 Å². The Hall–Kier alpha value is -3.12. The van der Waals surface area contributed by atoms with E-state index in [1.807, 2.05) is 6.07 Å². The summed E-state index contributed by atoms with van der Waals surface area (Å²) in [6, 6.07) is 5.10. The van der Waals surface area contributed by atoms with Crippen molar-refractivity contribution >= 4 is 11.0 Å². The Morgan fingerprint density at radius 1 is 1.14 bits per heavy atom. The molecule has 35 heavy (non-hydrogen) atoms. The van der Waals surface area contributed by atoms with Crippen molar-refractivity contribution in [2.24, 2.45) is 0 Å². The van der Waals surface area contributed by atoms with Gasteiger partial charge < -0.3 is 34.5 Å². The maximum absolute atomic E-state index is 14.7. The summed E-state index contributed by atoms with van der Waals surface area (Å²) in [6.07, 6.45) is 0.290. The fourth-order valence-electron chi connectivity index (χ4n) is 4.35. The highest BCUT2D eigenvalue weighted by molar-refractivity contribution is 5.79. The highest BCUT2D eigenvalue weighted by Gasteiger charge is 2.35. The molecule has 3 aromatic heterocycles. The molecule has 0 bridgehead atoms. The van der Waals surface area contributed by atoms with Gasteiger partial charge in [-0.25, -0.2) is 9.37 Å². The predicted octanol–water partition coefficient (Wildman–Crippen LogP) is 1.68. The van der Waals surface area contributed by atoms with E-state index in [-0.39, 0.29) is 23.0 Å². The van der Waals surface area contributed by atoms with Crippen LogP contribution in [0.2, 0.25) is 0 Å². The van der Waals surface area contributed by atoms with Crippen molar-refractivity contribution in [2.45, 2.75) is 43.7 Å². The van der Waals surface area contributed by atoms with Crippen molar-refractivity contribution in [1.82, 2.24) is 20.3 Å². The van der Waals surface area contributed by atoms with Gasteiger partial charge in [-0.15, -0.1) is 0 Å². The monoisotopic (exact) mass is 486 g/mol. The molecule has 1 fully saturated rings. The second-order valence-corrected chi connectivity index (χ2v) is 8.52. The molecule has 5 heterocycles. The van der Waals surface area contributed by atoms with Gasteiger partial charge in [0.15, 0.2) is 11.5 Å². The first-order valence-corrected chi connectivity index (χ1v) is 11.5. The molecule has 3 N–H and O–H groups in total. The van der Waals surface area contributed by atoms with Gasteiger partial charge in [0.25, 0.3) is 0 Å². The molecule has 10 nitrogen and oxygen atoms in total. The lowest BCUT2D eigenvalue weighted by atomic mass is 9.94. The lowest BCUT2D eigenvalue weighted by molar-refractivity contribution is -0.114. The van der Waals surface area contributed by atoms with Gasteiger partial charge in [0.05, 0.1) is 43.4 Å². The van der Waals surface area contributed by atoms with Crippen LogP contribution in [-0.2, 0) is 11.3 Å². The maximum Gasteiger partial charge on any atom is 0.213 e. The van der Waals surface area contributed by atoms with E-state index in [9.17, 15) is 14.6 Å². The van der Waals surface area contributed by atoms with E-state index in [4.69, 9.17) is 18.9 Å². The van der Waals surface area contributed by atoms with Crippen LogP contribution in [0.5, 0.6) is 17.4 Å².